The lowest BCUT2D eigenvalue weighted by atomic mass is 10.3. The SMILES string of the molecule is COCC(C)OC1CCCC1. The maximum Gasteiger partial charge on any atom is 0.0784 e. The molecular weight excluding hydrogens is 140 g/mol. The third kappa shape index (κ3) is 3.21. The van der Waals surface area contributed by atoms with Crippen molar-refractivity contribution in [2.45, 2.75) is 44.8 Å². The normalized spacial score (nSPS) is 22.4. The Morgan fingerprint density at radius 1 is 1.36 bits per heavy atom. The first-order valence-corrected chi connectivity index (χ1v) is 4.47. The highest BCUT2D eigenvalue weighted by molar-refractivity contribution is 4.68. The predicted octanol–water partition coefficient (Wildman–Crippen LogP) is 1.98. The van der Waals surface area contributed by atoms with Crippen molar-refractivity contribution in [1.29, 1.82) is 0 Å². The second kappa shape index (κ2) is 4.73. The molecule has 1 fully saturated rings. The number of hydrogen-bond acceptors (Lipinski definition) is 2. The first-order chi connectivity index (χ1) is 5.33. The van der Waals surface area contributed by atoms with Crippen molar-refractivity contribution in [2.75, 3.05) is 13.7 Å². The van der Waals surface area contributed by atoms with Gasteiger partial charge in [0.05, 0.1) is 18.8 Å². The lowest BCUT2D eigenvalue weighted by Gasteiger charge is -2.17. The molecule has 1 aliphatic carbocycles. The van der Waals surface area contributed by atoms with Gasteiger partial charge in [0.25, 0.3) is 0 Å². The summed E-state index contributed by atoms with van der Waals surface area (Å²) in [5.74, 6) is 0. The van der Waals surface area contributed by atoms with E-state index in [4.69, 9.17) is 9.47 Å². The number of hydrogen-bond donors (Lipinski definition) is 0. The van der Waals surface area contributed by atoms with Crippen LogP contribution in [-0.4, -0.2) is 25.9 Å². The largest absolute Gasteiger partial charge is 0.382 e. The van der Waals surface area contributed by atoms with E-state index < -0.39 is 0 Å². The van der Waals surface area contributed by atoms with Crippen molar-refractivity contribution < 1.29 is 9.47 Å². The van der Waals surface area contributed by atoms with E-state index in [0.717, 1.165) is 6.61 Å². The molecule has 1 saturated carbocycles. The highest BCUT2D eigenvalue weighted by Crippen LogP contribution is 2.21. The Balaban J connectivity index is 2.08. The zero-order chi connectivity index (χ0) is 8.10. The molecular formula is C9H18O2. The van der Waals surface area contributed by atoms with E-state index in [9.17, 15) is 0 Å². The van der Waals surface area contributed by atoms with Crippen molar-refractivity contribution in [2.24, 2.45) is 0 Å². The van der Waals surface area contributed by atoms with E-state index >= 15 is 0 Å². The molecule has 2 nitrogen and oxygen atoms in total. The Kier molecular flexibility index (Phi) is 3.87. The van der Waals surface area contributed by atoms with Gasteiger partial charge in [0, 0.05) is 7.11 Å². The molecule has 0 radical (unpaired) electrons. The molecule has 1 atom stereocenters. The Labute approximate surface area is 68.9 Å². The third-order valence-electron chi connectivity index (χ3n) is 2.13. The Bertz CT molecular complexity index is 97.7. The maximum absolute atomic E-state index is 5.73. The van der Waals surface area contributed by atoms with Crippen LogP contribution >= 0.6 is 0 Å². The summed E-state index contributed by atoms with van der Waals surface area (Å²) in [5.41, 5.74) is 0. The van der Waals surface area contributed by atoms with Crippen LogP contribution in [-0.2, 0) is 9.47 Å². The van der Waals surface area contributed by atoms with E-state index in [0.29, 0.717) is 6.10 Å². The molecule has 11 heavy (non-hydrogen) atoms. The first-order valence-electron chi connectivity index (χ1n) is 4.47. The summed E-state index contributed by atoms with van der Waals surface area (Å²) in [6.07, 6.45) is 5.94. The molecule has 0 aromatic rings. The first kappa shape index (κ1) is 9.01. The molecule has 1 aliphatic rings. The third-order valence-corrected chi connectivity index (χ3v) is 2.13. The Morgan fingerprint density at radius 3 is 2.55 bits per heavy atom. The van der Waals surface area contributed by atoms with Crippen molar-refractivity contribution in [3.05, 3.63) is 0 Å². The topological polar surface area (TPSA) is 18.5 Å². The van der Waals surface area contributed by atoms with E-state index in [-0.39, 0.29) is 6.10 Å². The van der Waals surface area contributed by atoms with Gasteiger partial charge in [0.15, 0.2) is 0 Å². The van der Waals surface area contributed by atoms with Gasteiger partial charge in [-0.2, -0.15) is 0 Å². The highest BCUT2D eigenvalue weighted by atomic mass is 16.5. The Morgan fingerprint density at radius 2 is 2.00 bits per heavy atom. The van der Waals surface area contributed by atoms with Crippen LogP contribution in [0.2, 0.25) is 0 Å². The lowest BCUT2D eigenvalue weighted by Crippen LogP contribution is -2.21. The molecule has 0 N–H and O–H groups in total. The number of ether oxygens (including phenoxy) is 2. The van der Waals surface area contributed by atoms with Crippen LogP contribution in [0.15, 0.2) is 0 Å². The van der Waals surface area contributed by atoms with Crippen LogP contribution in [0.4, 0.5) is 0 Å². The monoisotopic (exact) mass is 158 g/mol. The molecule has 1 unspecified atom stereocenters. The maximum atomic E-state index is 5.73. The van der Waals surface area contributed by atoms with Gasteiger partial charge in [-0.15, -0.1) is 0 Å². The number of rotatable bonds is 4. The van der Waals surface area contributed by atoms with Gasteiger partial charge in [-0.25, -0.2) is 0 Å². The quantitative estimate of drug-likeness (QED) is 0.623. The summed E-state index contributed by atoms with van der Waals surface area (Å²) in [5, 5.41) is 0. The van der Waals surface area contributed by atoms with Gasteiger partial charge in [0.2, 0.25) is 0 Å². The van der Waals surface area contributed by atoms with E-state index in [1.54, 1.807) is 7.11 Å². The fraction of sp³-hybridized carbons (Fsp3) is 1.00. The van der Waals surface area contributed by atoms with Gasteiger partial charge >= 0.3 is 0 Å². The molecule has 0 saturated heterocycles. The van der Waals surface area contributed by atoms with Crippen LogP contribution in [0.3, 0.4) is 0 Å². The van der Waals surface area contributed by atoms with Gasteiger partial charge < -0.3 is 9.47 Å². The fourth-order valence-corrected chi connectivity index (χ4v) is 1.63. The molecule has 2 heteroatoms. The van der Waals surface area contributed by atoms with Gasteiger partial charge in [-0.05, 0) is 19.8 Å². The van der Waals surface area contributed by atoms with Crippen LogP contribution in [0.1, 0.15) is 32.6 Å². The minimum Gasteiger partial charge on any atom is -0.382 e. The fourth-order valence-electron chi connectivity index (χ4n) is 1.63. The molecule has 0 heterocycles. The Hall–Kier alpha value is -0.0800. The van der Waals surface area contributed by atoms with Gasteiger partial charge in [0.1, 0.15) is 0 Å². The second-order valence-electron chi connectivity index (χ2n) is 3.31. The smallest absolute Gasteiger partial charge is 0.0784 e. The van der Waals surface area contributed by atoms with E-state index in [2.05, 4.69) is 6.92 Å². The summed E-state index contributed by atoms with van der Waals surface area (Å²) >= 11 is 0. The summed E-state index contributed by atoms with van der Waals surface area (Å²) in [4.78, 5) is 0. The van der Waals surface area contributed by atoms with Gasteiger partial charge in [-0.3, -0.25) is 0 Å². The van der Waals surface area contributed by atoms with E-state index in [1.807, 2.05) is 0 Å². The van der Waals surface area contributed by atoms with E-state index in [1.165, 1.54) is 25.7 Å². The summed E-state index contributed by atoms with van der Waals surface area (Å²) in [6, 6.07) is 0. The molecule has 0 aliphatic heterocycles. The molecule has 0 spiro atoms. The van der Waals surface area contributed by atoms with Crippen LogP contribution in [0.5, 0.6) is 0 Å². The van der Waals surface area contributed by atoms with Crippen molar-refractivity contribution in [3.8, 4) is 0 Å². The molecule has 0 amide bonds. The summed E-state index contributed by atoms with van der Waals surface area (Å²) in [6.45, 7) is 2.79. The minimum atomic E-state index is 0.267. The molecule has 0 bridgehead atoms. The van der Waals surface area contributed by atoms with Gasteiger partial charge in [-0.1, -0.05) is 12.8 Å². The standard InChI is InChI=1S/C9H18O2/c1-8(7-10-2)11-9-5-3-4-6-9/h8-9H,3-7H2,1-2H3. The molecule has 66 valence electrons. The lowest BCUT2D eigenvalue weighted by molar-refractivity contribution is -0.0352. The van der Waals surface area contributed by atoms with Crippen molar-refractivity contribution in [1.82, 2.24) is 0 Å². The molecule has 1 rings (SSSR count). The summed E-state index contributed by atoms with van der Waals surface area (Å²) in [7, 11) is 1.72. The van der Waals surface area contributed by atoms with Crippen molar-refractivity contribution in [3.63, 3.8) is 0 Å². The number of methoxy groups -OCH3 is 1. The summed E-state index contributed by atoms with van der Waals surface area (Å²) < 4.78 is 10.7. The zero-order valence-corrected chi connectivity index (χ0v) is 7.51. The minimum absolute atomic E-state index is 0.267. The van der Waals surface area contributed by atoms with Crippen LogP contribution < -0.4 is 0 Å². The van der Waals surface area contributed by atoms with Crippen molar-refractivity contribution >= 4 is 0 Å². The average Bonchev–Trinajstić information content (AvgIpc) is 2.40. The molecule has 0 aromatic carbocycles. The average molecular weight is 158 g/mol. The zero-order valence-electron chi connectivity index (χ0n) is 7.51. The highest BCUT2D eigenvalue weighted by Gasteiger charge is 2.17. The van der Waals surface area contributed by atoms with Crippen LogP contribution in [0.25, 0.3) is 0 Å². The van der Waals surface area contributed by atoms with Crippen LogP contribution in [0, 0.1) is 0 Å². The second-order valence-corrected chi connectivity index (χ2v) is 3.31. The predicted molar refractivity (Wildman–Crippen MR) is 44.7 cm³/mol. The molecule has 0 aromatic heterocycles.